The second kappa shape index (κ2) is 12.4. The maximum Gasteiger partial charge on any atom is 0.256 e. The minimum atomic E-state index is -0.376. The van der Waals surface area contributed by atoms with Gasteiger partial charge in [-0.15, -0.1) is 11.3 Å². The molecule has 5 rings (SSSR count). The molecule has 6 nitrogen and oxygen atoms in total. The molecular formula is C30H22BrN3O3S2. The van der Waals surface area contributed by atoms with Gasteiger partial charge < -0.3 is 10.6 Å². The van der Waals surface area contributed by atoms with Crippen molar-refractivity contribution in [1.82, 2.24) is 10.3 Å². The van der Waals surface area contributed by atoms with Crippen molar-refractivity contribution in [2.24, 2.45) is 0 Å². The van der Waals surface area contributed by atoms with Crippen molar-refractivity contribution < 1.29 is 14.4 Å². The van der Waals surface area contributed by atoms with Crippen LogP contribution < -0.4 is 10.6 Å². The molecule has 0 aliphatic heterocycles. The normalized spacial score (nSPS) is 10.8. The highest BCUT2D eigenvalue weighted by molar-refractivity contribution is 9.10. The Hall–Kier alpha value is -3.79. The zero-order valence-corrected chi connectivity index (χ0v) is 23.7. The van der Waals surface area contributed by atoms with E-state index in [0.29, 0.717) is 23.4 Å². The molecule has 2 N–H and O–H groups in total. The first-order chi connectivity index (χ1) is 19.0. The van der Waals surface area contributed by atoms with Gasteiger partial charge in [-0.2, -0.15) is 0 Å². The summed E-state index contributed by atoms with van der Waals surface area (Å²) in [6, 6.07) is 29.1. The van der Waals surface area contributed by atoms with Gasteiger partial charge in [-0.3, -0.25) is 14.4 Å². The molecule has 1 heterocycles. The number of aromatic nitrogens is 1. The summed E-state index contributed by atoms with van der Waals surface area (Å²) in [4.78, 5) is 43.1. The Morgan fingerprint density at radius 2 is 1.51 bits per heavy atom. The average molecular weight is 617 g/mol. The molecule has 0 unspecified atom stereocenters. The first kappa shape index (κ1) is 26.8. The number of nitrogens with zero attached hydrogens (tertiary/aromatic N) is 1. The number of amides is 2. The summed E-state index contributed by atoms with van der Waals surface area (Å²) in [7, 11) is 0. The number of hydrogen-bond acceptors (Lipinski definition) is 6. The van der Waals surface area contributed by atoms with E-state index in [-0.39, 0.29) is 28.9 Å². The number of Topliss-reactive ketones (excluding diaryl/α,β-unsaturated/α-hetero) is 1. The van der Waals surface area contributed by atoms with Crippen molar-refractivity contribution in [3.05, 3.63) is 124 Å². The predicted molar refractivity (Wildman–Crippen MR) is 161 cm³/mol. The highest BCUT2D eigenvalue weighted by Gasteiger charge is 2.17. The van der Waals surface area contributed by atoms with Crippen molar-refractivity contribution >= 4 is 72.5 Å². The van der Waals surface area contributed by atoms with Crippen LogP contribution in [-0.2, 0) is 6.54 Å². The molecule has 1 aromatic heterocycles. The van der Waals surface area contributed by atoms with Crippen LogP contribution in [0.4, 0.5) is 5.69 Å². The quantitative estimate of drug-likeness (QED) is 0.135. The topological polar surface area (TPSA) is 88.2 Å². The number of halogens is 1. The number of anilines is 1. The third-order valence-corrected chi connectivity index (χ3v) is 8.52. The summed E-state index contributed by atoms with van der Waals surface area (Å²) in [5, 5.41) is 5.78. The third kappa shape index (κ3) is 6.81. The Balaban J connectivity index is 1.24. The zero-order chi connectivity index (χ0) is 27.2. The zero-order valence-electron chi connectivity index (χ0n) is 20.5. The van der Waals surface area contributed by atoms with Crippen LogP contribution in [0.5, 0.6) is 0 Å². The molecule has 0 saturated carbocycles. The lowest BCUT2D eigenvalue weighted by Crippen LogP contribution is -2.26. The smallest absolute Gasteiger partial charge is 0.256 e. The Labute approximate surface area is 242 Å². The van der Waals surface area contributed by atoms with Crippen LogP contribution in [0.15, 0.2) is 106 Å². The number of carbonyl (C=O) groups is 3. The van der Waals surface area contributed by atoms with E-state index < -0.39 is 0 Å². The molecular weight excluding hydrogens is 594 g/mol. The number of rotatable bonds is 9. The molecule has 0 spiro atoms. The second-order valence-corrected chi connectivity index (χ2v) is 11.7. The van der Waals surface area contributed by atoms with E-state index in [2.05, 4.69) is 31.5 Å². The van der Waals surface area contributed by atoms with Gasteiger partial charge in [-0.25, -0.2) is 4.98 Å². The van der Waals surface area contributed by atoms with Crippen molar-refractivity contribution in [2.45, 2.75) is 10.9 Å². The molecule has 194 valence electrons. The van der Waals surface area contributed by atoms with Gasteiger partial charge in [0, 0.05) is 22.3 Å². The first-order valence-electron chi connectivity index (χ1n) is 12.0. The molecule has 0 aliphatic rings. The number of fused-ring (bicyclic) bond motifs is 1. The monoisotopic (exact) mass is 615 g/mol. The fourth-order valence-corrected chi connectivity index (χ4v) is 6.11. The molecule has 0 bridgehead atoms. The van der Waals surface area contributed by atoms with Crippen LogP contribution >= 0.6 is 39.0 Å². The standard InChI is InChI=1S/C30H22BrN3O3S2/c31-21-12-10-20(11-13-21)26(35)18-38-30-34-25-15-14-22(16-27(25)39-30)33-29(37)24-9-5-4-8-23(24)28(36)32-17-19-6-2-1-3-7-19/h1-16H,17-18H2,(H,32,36)(H,33,37). The van der Waals surface area contributed by atoms with Gasteiger partial charge in [-0.05, 0) is 48.0 Å². The Morgan fingerprint density at radius 3 is 2.26 bits per heavy atom. The number of ketones is 1. The van der Waals surface area contributed by atoms with Gasteiger partial charge in [0.1, 0.15) is 0 Å². The van der Waals surface area contributed by atoms with Crippen LogP contribution in [0.25, 0.3) is 10.2 Å². The van der Waals surface area contributed by atoms with E-state index >= 15 is 0 Å². The fraction of sp³-hybridized carbons (Fsp3) is 0.0667. The molecule has 4 aromatic carbocycles. The summed E-state index contributed by atoms with van der Waals surface area (Å²) >= 11 is 6.23. The summed E-state index contributed by atoms with van der Waals surface area (Å²) in [6.45, 7) is 0.368. The van der Waals surface area contributed by atoms with Gasteiger partial charge in [0.15, 0.2) is 10.1 Å². The maximum absolute atomic E-state index is 13.1. The van der Waals surface area contributed by atoms with E-state index in [1.54, 1.807) is 42.5 Å². The second-order valence-electron chi connectivity index (χ2n) is 8.55. The van der Waals surface area contributed by atoms with Gasteiger partial charge >= 0.3 is 0 Å². The minimum Gasteiger partial charge on any atom is -0.348 e. The lowest BCUT2D eigenvalue weighted by Gasteiger charge is -2.11. The summed E-state index contributed by atoms with van der Waals surface area (Å²) in [5.41, 5.74) is 3.61. The summed E-state index contributed by atoms with van der Waals surface area (Å²) in [5.74, 6) is -0.374. The maximum atomic E-state index is 13.1. The van der Waals surface area contributed by atoms with Gasteiger partial charge in [-0.1, -0.05) is 82.3 Å². The lowest BCUT2D eigenvalue weighted by molar-refractivity contribution is 0.0937. The highest BCUT2D eigenvalue weighted by atomic mass is 79.9. The molecule has 0 atom stereocenters. The largest absolute Gasteiger partial charge is 0.348 e. The van der Waals surface area contributed by atoms with E-state index in [1.807, 2.05) is 54.6 Å². The molecule has 0 radical (unpaired) electrons. The molecule has 0 fully saturated rings. The number of nitrogens with one attached hydrogen (secondary N) is 2. The van der Waals surface area contributed by atoms with Crippen molar-refractivity contribution in [3.63, 3.8) is 0 Å². The number of hydrogen-bond donors (Lipinski definition) is 2. The molecule has 39 heavy (non-hydrogen) atoms. The highest BCUT2D eigenvalue weighted by Crippen LogP contribution is 2.32. The average Bonchev–Trinajstić information content (AvgIpc) is 3.38. The van der Waals surface area contributed by atoms with Crippen LogP contribution in [-0.4, -0.2) is 28.3 Å². The van der Waals surface area contributed by atoms with Crippen LogP contribution in [0.2, 0.25) is 0 Å². The van der Waals surface area contributed by atoms with E-state index in [4.69, 9.17) is 0 Å². The van der Waals surface area contributed by atoms with Crippen molar-refractivity contribution in [1.29, 1.82) is 0 Å². The van der Waals surface area contributed by atoms with Crippen LogP contribution in [0, 0.1) is 0 Å². The van der Waals surface area contributed by atoms with Crippen molar-refractivity contribution in [2.75, 3.05) is 11.1 Å². The number of thioether (sulfide) groups is 1. The Bertz CT molecular complexity index is 1650. The first-order valence-corrected chi connectivity index (χ1v) is 14.6. The Kier molecular flexibility index (Phi) is 8.51. The number of thiazole rings is 1. The lowest BCUT2D eigenvalue weighted by atomic mass is 10.1. The summed E-state index contributed by atoms with van der Waals surface area (Å²) < 4.78 is 2.59. The van der Waals surface area contributed by atoms with E-state index in [1.165, 1.54) is 23.1 Å². The predicted octanol–water partition coefficient (Wildman–Crippen LogP) is 7.22. The van der Waals surface area contributed by atoms with Gasteiger partial charge in [0.25, 0.3) is 11.8 Å². The fourth-order valence-electron chi connectivity index (χ4n) is 3.84. The number of benzene rings is 4. The third-order valence-electron chi connectivity index (χ3n) is 5.83. The Morgan fingerprint density at radius 1 is 0.821 bits per heavy atom. The number of carbonyl (C=O) groups excluding carboxylic acids is 3. The molecule has 0 saturated heterocycles. The molecule has 5 aromatic rings. The SMILES string of the molecule is O=C(CSc1nc2ccc(NC(=O)c3ccccc3C(=O)NCc3ccccc3)cc2s1)c1ccc(Br)cc1. The van der Waals surface area contributed by atoms with Crippen LogP contribution in [0.1, 0.15) is 36.6 Å². The minimum absolute atomic E-state index is 0.0335. The van der Waals surface area contributed by atoms with Crippen molar-refractivity contribution in [3.8, 4) is 0 Å². The van der Waals surface area contributed by atoms with Crippen LogP contribution in [0.3, 0.4) is 0 Å². The summed E-state index contributed by atoms with van der Waals surface area (Å²) in [6.07, 6.45) is 0. The van der Waals surface area contributed by atoms with E-state index in [9.17, 15) is 14.4 Å². The van der Waals surface area contributed by atoms with E-state index in [0.717, 1.165) is 24.6 Å². The molecule has 2 amide bonds. The molecule has 0 aliphatic carbocycles. The van der Waals surface area contributed by atoms with Gasteiger partial charge in [0.2, 0.25) is 0 Å². The van der Waals surface area contributed by atoms with Gasteiger partial charge in [0.05, 0.1) is 27.1 Å². The molecule has 9 heteroatoms.